The van der Waals surface area contributed by atoms with Crippen LogP contribution < -0.4 is 5.32 Å². The molecule has 110 valence electrons. The van der Waals surface area contributed by atoms with Crippen molar-refractivity contribution in [1.29, 1.82) is 0 Å². The molecule has 4 heteroatoms. The Hall–Kier alpha value is -1.03. The summed E-state index contributed by atoms with van der Waals surface area (Å²) in [6.07, 6.45) is 6.62. The van der Waals surface area contributed by atoms with E-state index in [0.717, 1.165) is 24.1 Å². The van der Waals surface area contributed by atoms with Crippen LogP contribution >= 0.6 is 15.9 Å². The number of hydrogen-bond acceptors (Lipinski definition) is 2. The minimum absolute atomic E-state index is 0.305. The minimum atomic E-state index is -0.902. The van der Waals surface area contributed by atoms with Crippen LogP contribution in [-0.4, -0.2) is 17.6 Å². The van der Waals surface area contributed by atoms with Crippen molar-refractivity contribution >= 4 is 27.6 Å². The third-order valence-electron chi connectivity index (χ3n) is 4.34. The molecule has 0 aromatic heterocycles. The smallest absolute Gasteiger partial charge is 0.336 e. The summed E-state index contributed by atoms with van der Waals surface area (Å²) in [6, 6.07) is 5.33. The van der Waals surface area contributed by atoms with Gasteiger partial charge >= 0.3 is 5.97 Å². The molecular weight excluding hydrogens is 318 g/mol. The largest absolute Gasteiger partial charge is 0.478 e. The summed E-state index contributed by atoms with van der Waals surface area (Å²) in [7, 11) is 0. The van der Waals surface area contributed by atoms with Gasteiger partial charge in [0.1, 0.15) is 0 Å². The van der Waals surface area contributed by atoms with Crippen LogP contribution in [0.15, 0.2) is 22.7 Å². The Bertz CT molecular complexity index is 468. The van der Waals surface area contributed by atoms with E-state index in [1.807, 2.05) is 12.1 Å². The predicted octanol–water partition coefficient (Wildman–Crippen LogP) is 4.78. The molecule has 0 atom stereocenters. The average molecular weight is 340 g/mol. The summed E-state index contributed by atoms with van der Waals surface area (Å²) in [5, 5.41) is 12.4. The fourth-order valence-corrected chi connectivity index (χ4v) is 3.45. The molecule has 1 aromatic rings. The number of carbonyl (C=O) groups is 1. The molecule has 1 saturated carbocycles. The van der Waals surface area contributed by atoms with Crippen molar-refractivity contribution in [1.82, 2.24) is 0 Å². The van der Waals surface area contributed by atoms with E-state index in [1.165, 1.54) is 32.1 Å². The molecule has 20 heavy (non-hydrogen) atoms. The van der Waals surface area contributed by atoms with Gasteiger partial charge in [-0.3, -0.25) is 0 Å². The van der Waals surface area contributed by atoms with E-state index >= 15 is 0 Å². The Morgan fingerprint density at radius 1 is 1.30 bits per heavy atom. The Kier molecular flexibility index (Phi) is 5.46. The van der Waals surface area contributed by atoms with Crippen molar-refractivity contribution in [3.05, 3.63) is 28.2 Å². The third kappa shape index (κ3) is 3.98. The van der Waals surface area contributed by atoms with Crippen molar-refractivity contribution in [3.8, 4) is 0 Å². The highest BCUT2D eigenvalue weighted by atomic mass is 79.9. The van der Waals surface area contributed by atoms with Gasteiger partial charge in [-0.2, -0.15) is 0 Å². The Morgan fingerprint density at radius 3 is 2.50 bits per heavy atom. The van der Waals surface area contributed by atoms with Crippen LogP contribution in [0, 0.1) is 11.8 Å². The zero-order valence-corrected chi connectivity index (χ0v) is 13.4. The highest BCUT2D eigenvalue weighted by Crippen LogP contribution is 2.31. The second-order valence-corrected chi connectivity index (χ2v) is 6.53. The maximum Gasteiger partial charge on any atom is 0.336 e. The molecule has 2 rings (SSSR count). The van der Waals surface area contributed by atoms with Gasteiger partial charge in [-0.1, -0.05) is 26.2 Å². The summed E-state index contributed by atoms with van der Waals surface area (Å²) in [5.41, 5.74) is 1.29. The van der Waals surface area contributed by atoms with Gasteiger partial charge in [0, 0.05) is 16.7 Å². The summed E-state index contributed by atoms with van der Waals surface area (Å²) >= 11 is 3.31. The van der Waals surface area contributed by atoms with Gasteiger partial charge in [0.2, 0.25) is 0 Å². The zero-order chi connectivity index (χ0) is 14.5. The number of aromatic carboxylic acids is 1. The number of benzene rings is 1. The van der Waals surface area contributed by atoms with Crippen molar-refractivity contribution in [2.75, 3.05) is 11.9 Å². The van der Waals surface area contributed by atoms with E-state index in [0.29, 0.717) is 10.0 Å². The topological polar surface area (TPSA) is 49.3 Å². The van der Waals surface area contributed by atoms with Gasteiger partial charge in [0.15, 0.2) is 0 Å². The molecule has 0 bridgehead atoms. The van der Waals surface area contributed by atoms with Crippen molar-refractivity contribution in [3.63, 3.8) is 0 Å². The molecule has 1 aliphatic rings. The first-order chi connectivity index (χ1) is 9.60. The van der Waals surface area contributed by atoms with Crippen LogP contribution in [0.25, 0.3) is 0 Å². The number of nitrogens with one attached hydrogen (secondary N) is 1. The van der Waals surface area contributed by atoms with Crippen LogP contribution in [0.5, 0.6) is 0 Å². The molecule has 0 spiro atoms. The van der Waals surface area contributed by atoms with Crippen LogP contribution in [-0.2, 0) is 0 Å². The molecule has 2 N–H and O–H groups in total. The van der Waals surface area contributed by atoms with E-state index in [4.69, 9.17) is 5.11 Å². The van der Waals surface area contributed by atoms with Gasteiger partial charge in [0.05, 0.1) is 5.56 Å². The van der Waals surface area contributed by atoms with Gasteiger partial charge in [-0.15, -0.1) is 0 Å². The summed E-state index contributed by atoms with van der Waals surface area (Å²) < 4.78 is 0.629. The summed E-state index contributed by atoms with van der Waals surface area (Å²) in [4.78, 5) is 10.9. The average Bonchev–Trinajstić information content (AvgIpc) is 2.45. The Labute approximate surface area is 128 Å². The molecule has 1 fully saturated rings. The van der Waals surface area contributed by atoms with E-state index in [1.54, 1.807) is 6.07 Å². The quantitative estimate of drug-likeness (QED) is 0.811. The second kappa shape index (κ2) is 7.11. The predicted molar refractivity (Wildman–Crippen MR) is 85.3 cm³/mol. The first-order valence-electron chi connectivity index (χ1n) is 7.36. The molecule has 1 aliphatic carbocycles. The molecule has 3 nitrogen and oxygen atoms in total. The Morgan fingerprint density at radius 2 is 1.95 bits per heavy atom. The standard InChI is InChI=1S/C16H22BrNO2/c1-2-11-3-5-12(6-4-11)10-18-13-7-8-14(16(19)20)15(17)9-13/h7-9,11-12,18H,2-6,10H2,1H3,(H,19,20). The van der Waals surface area contributed by atoms with Gasteiger partial charge in [-0.25, -0.2) is 4.79 Å². The fraction of sp³-hybridized carbons (Fsp3) is 0.562. The first-order valence-corrected chi connectivity index (χ1v) is 8.16. The van der Waals surface area contributed by atoms with Gasteiger partial charge < -0.3 is 10.4 Å². The van der Waals surface area contributed by atoms with E-state index < -0.39 is 5.97 Å². The molecule has 0 heterocycles. The maximum absolute atomic E-state index is 10.9. The normalized spacial score (nSPS) is 22.5. The lowest BCUT2D eigenvalue weighted by Crippen LogP contribution is -2.21. The molecule has 0 saturated heterocycles. The number of hydrogen-bond donors (Lipinski definition) is 2. The van der Waals surface area contributed by atoms with Crippen LogP contribution in [0.2, 0.25) is 0 Å². The lowest BCUT2D eigenvalue weighted by molar-refractivity contribution is 0.0696. The fourth-order valence-electron chi connectivity index (χ4n) is 2.90. The number of carboxylic acid groups (broad SMARTS) is 1. The van der Waals surface area contributed by atoms with E-state index in [9.17, 15) is 4.79 Å². The minimum Gasteiger partial charge on any atom is -0.478 e. The van der Waals surface area contributed by atoms with E-state index in [2.05, 4.69) is 28.2 Å². The van der Waals surface area contributed by atoms with Crippen molar-refractivity contribution in [2.24, 2.45) is 11.8 Å². The lowest BCUT2D eigenvalue weighted by Gasteiger charge is -2.28. The SMILES string of the molecule is CCC1CCC(CNc2ccc(C(=O)O)c(Br)c2)CC1. The van der Waals surface area contributed by atoms with E-state index in [-0.39, 0.29) is 0 Å². The molecule has 0 unspecified atom stereocenters. The third-order valence-corrected chi connectivity index (χ3v) is 4.99. The van der Waals surface area contributed by atoms with Gasteiger partial charge in [-0.05, 0) is 58.8 Å². The number of anilines is 1. The van der Waals surface area contributed by atoms with Crippen molar-refractivity contribution < 1.29 is 9.90 Å². The molecule has 0 aliphatic heterocycles. The Balaban J connectivity index is 1.85. The molecule has 0 radical (unpaired) electrons. The highest BCUT2D eigenvalue weighted by Gasteiger charge is 2.19. The first kappa shape index (κ1) is 15.4. The molecular formula is C16H22BrNO2. The maximum atomic E-state index is 10.9. The van der Waals surface area contributed by atoms with Crippen LogP contribution in [0.4, 0.5) is 5.69 Å². The van der Waals surface area contributed by atoms with Crippen LogP contribution in [0.3, 0.4) is 0 Å². The number of rotatable bonds is 5. The lowest BCUT2D eigenvalue weighted by atomic mass is 9.81. The van der Waals surface area contributed by atoms with Crippen LogP contribution in [0.1, 0.15) is 49.4 Å². The summed E-state index contributed by atoms with van der Waals surface area (Å²) in [5.74, 6) is 0.771. The summed E-state index contributed by atoms with van der Waals surface area (Å²) in [6.45, 7) is 3.26. The monoisotopic (exact) mass is 339 g/mol. The molecule has 0 amide bonds. The number of halogens is 1. The highest BCUT2D eigenvalue weighted by molar-refractivity contribution is 9.10. The van der Waals surface area contributed by atoms with Gasteiger partial charge in [0.25, 0.3) is 0 Å². The number of carboxylic acids is 1. The van der Waals surface area contributed by atoms with Crippen molar-refractivity contribution in [2.45, 2.75) is 39.0 Å². The molecule has 1 aromatic carbocycles. The second-order valence-electron chi connectivity index (χ2n) is 5.68. The zero-order valence-electron chi connectivity index (χ0n) is 11.9.